The largest absolute Gasteiger partial charge is 0.327 e. The van der Waals surface area contributed by atoms with Gasteiger partial charge in [-0.1, -0.05) is 26.8 Å². The fraction of sp³-hybridized carbons (Fsp3) is 0.778. The van der Waals surface area contributed by atoms with E-state index in [9.17, 15) is 0 Å². The maximum atomic E-state index is 5.90. The van der Waals surface area contributed by atoms with Crippen LogP contribution in [0.2, 0.25) is 0 Å². The topological polar surface area (TPSA) is 26.0 Å². The summed E-state index contributed by atoms with van der Waals surface area (Å²) in [5.41, 5.74) is 6.16. The average molecular weight is 141 g/mol. The first kappa shape index (κ1) is 9.70. The molecule has 1 atom stereocenters. The monoisotopic (exact) mass is 141 g/mol. The minimum Gasteiger partial charge on any atom is -0.327 e. The van der Waals surface area contributed by atoms with Crippen molar-refractivity contribution in [3.05, 3.63) is 12.7 Å². The van der Waals surface area contributed by atoms with E-state index in [0.29, 0.717) is 0 Å². The predicted octanol–water partition coefficient (Wildman–Crippen LogP) is 2.33. The molecule has 10 heavy (non-hydrogen) atoms. The van der Waals surface area contributed by atoms with Gasteiger partial charge in [-0.3, -0.25) is 0 Å². The minimum atomic E-state index is 0.258. The van der Waals surface area contributed by atoms with Crippen LogP contribution in [0.25, 0.3) is 0 Å². The Morgan fingerprint density at radius 3 is 2.40 bits per heavy atom. The van der Waals surface area contributed by atoms with Crippen LogP contribution in [-0.4, -0.2) is 6.04 Å². The summed E-state index contributed by atoms with van der Waals surface area (Å²) in [6.45, 7) is 10.2. The Morgan fingerprint density at radius 1 is 1.60 bits per heavy atom. The van der Waals surface area contributed by atoms with Gasteiger partial charge < -0.3 is 5.73 Å². The second-order valence-electron chi connectivity index (χ2n) is 3.47. The molecule has 0 aliphatic carbocycles. The molecule has 0 aromatic heterocycles. The molecule has 0 saturated carbocycles. The summed E-state index contributed by atoms with van der Waals surface area (Å²) < 4.78 is 0. The highest BCUT2D eigenvalue weighted by molar-refractivity contribution is 4.85. The Labute approximate surface area is 64.3 Å². The van der Waals surface area contributed by atoms with Gasteiger partial charge in [-0.2, -0.15) is 0 Å². The van der Waals surface area contributed by atoms with Crippen molar-refractivity contribution in [3.63, 3.8) is 0 Å². The predicted molar refractivity (Wildman–Crippen MR) is 46.9 cm³/mol. The lowest BCUT2D eigenvalue weighted by molar-refractivity contribution is 0.275. The first-order valence-corrected chi connectivity index (χ1v) is 3.91. The van der Waals surface area contributed by atoms with Crippen molar-refractivity contribution in [2.45, 2.75) is 39.7 Å². The van der Waals surface area contributed by atoms with E-state index < -0.39 is 0 Å². The quantitative estimate of drug-likeness (QED) is 0.597. The molecule has 0 heterocycles. The van der Waals surface area contributed by atoms with Crippen LogP contribution < -0.4 is 5.73 Å². The molecule has 1 nitrogen and oxygen atoms in total. The summed E-state index contributed by atoms with van der Waals surface area (Å²) in [6, 6.07) is 0.259. The molecule has 2 N–H and O–H groups in total. The average Bonchev–Trinajstić information content (AvgIpc) is 1.89. The lowest BCUT2D eigenvalue weighted by atomic mass is 9.81. The van der Waals surface area contributed by atoms with E-state index in [-0.39, 0.29) is 11.5 Å². The maximum Gasteiger partial charge on any atom is 0.0125 e. The fourth-order valence-corrected chi connectivity index (χ4v) is 0.761. The van der Waals surface area contributed by atoms with E-state index in [0.717, 1.165) is 12.8 Å². The summed E-state index contributed by atoms with van der Waals surface area (Å²) in [5.74, 6) is 0. The van der Waals surface area contributed by atoms with Gasteiger partial charge in [0.2, 0.25) is 0 Å². The van der Waals surface area contributed by atoms with Crippen LogP contribution in [0.3, 0.4) is 0 Å². The van der Waals surface area contributed by atoms with Gasteiger partial charge in [0.15, 0.2) is 0 Å². The summed E-state index contributed by atoms with van der Waals surface area (Å²) in [7, 11) is 0. The number of hydrogen-bond donors (Lipinski definition) is 1. The van der Waals surface area contributed by atoms with Gasteiger partial charge in [-0.05, 0) is 18.3 Å². The minimum absolute atomic E-state index is 0.258. The molecule has 0 spiro atoms. The van der Waals surface area contributed by atoms with Gasteiger partial charge in [-0.25, -0.2) is 0 Å². The highest BCUT2D eigenvalue weighted by atomic mass is 14.7. The summed E-state index contributed by atoms with van der Waals surface area (Å²) in [5, 5.41) is 0. The second kappa shape index (κ2) is 3.77. The van der Waals surface area contributed by atoms with E-state index in [4.69, 9.17) is 5.73 Å². The smallest absolute Gasteiger partial charge is 0.0125 e. The summed E-state index contributed by atoms with van der Waals surface area (Å²) in [4.78, 5) is 0. The zero-order valence-electron chi connectivity index (χ0n) is 7.35. The fourth-order valence-electron chi connectivity index (χ4n) is 0.761. The van der Waals surface area contributed by atoms with Crippen LogP contribution in [0.15, 0.2) is 12.7 Å². The van der Waals surface area contributed by atoms with E-state index in [2.05, 4.69) is 27.4 Å². The van der Waals surface area contributed by atoms with Crippen LogP contribution in [0.5, 0.6) is 0 Å². The Morgan fingerprint density at radius 2 is 2.10 bits per heavy atom. The highest BCUT2D eigenvalue weighted by Crippen LogP contribution is 2.24. The molecule has 60 valence electrons. The third-order valence-electron chi connectivity index (χ3n) is 2.34. The molecule has 0 fully saturated rings. The van der Waals surface area contributed by atoms with Crippen LogP contribution >= 0.6 is 0 Å². The third-order valence-corrected chi connectivity index (χ3v) is 2.34. The van der Waals surface area contributed by atoms with E-state index in [1.807, 2.05) is 6.08 Å². The Hall–Kier alpha value is -0.300. The molecule has 0 bridgehead atoms. The molecule has 0 rings (SSSR count). The van der Waals surface area contributed by atoms with Crippen molar-refractivity contribution in [2.75, 3.05) is 0 Å². The van der Waals surface area contributed by atoms with Crippen molar-refractivity contribution in [2.24, 2.45) is 11.1 Å². The van der Waals surface area contributed by atoms with Crippen molar-refractivity contribution in [1.82, 2.24) is 0 Å². The first-order chi connectivity index (χ1) is 4.54. The van der Waals surface area contributed by atoms with Gasteiger partial charge in [0.1, 0.15) is 0 Å². The van der Waals surface area contributed by atoms with Crippen molar-refractivity contribution < 1.29 is 0 Å². The SMILES string of the molecule is C=CCC(N)C(C)(C)CC. The van der Waals surface area contributed by atoms with Gasteiger partial charge >= 0.3 is 0 Å². The second-order valence-corrected chi connectivity index (χ2v) is 3.47. The van der Waals surface area contributed by atoms with Crippen LogP contribution in [0, 0.1) is 5.41 Å². The molecule has 0 aromatic rings. The lowest BCUT2D eigenvalue weighted by Gasteiger charge is -2.29. The zero-order valence-corrected chi connectivity index (χ0v) is 7.35. The van der Waals surface area contributed by atoms with Gasteiger partial charge in [0, 0.05) is 6.04 Å². The summed E-state index contributed by atoms with van der Waals surface area (Å²) in [6.07, 6.45) is 3.94. The Kier molecular flexibility index (Phi) is 3.66. The Bertz CT molecular complexity index is 105. The zero-order chi connectivity index (χ0) is 8.20. The molecule has 1 unspecified atom stereocenters. The Balaban J connectivity index is 3.89. The number of hydrogen-bond acceptors (Lipinski definition) is 1. The van der Waals surface area contributed by atoms with Crippen molar-refractivity contribution >= 4 is 0 Å². The van der Waals surface area contributed by atoms with Crippen molar-refractivity contribution in [1.29, 1.82) is 0 Å². The number of nitrogens with two attached hydrogens (primary N) is 1. The molecule has 0 aliphatic heterocycles. The normalized spacial score (nSPS) is 14.8. The van der Waals surface area contributed by atoms with E-state index in [1.165, 1.54) is 0 Å². The molecule has 0 aromatic carbocycles. The van der Waals surface area contributed by atoms with Gasteiger partial charge in [0.05, 0.1) is 0 Å². The first-order valence-electron chi connectivity index (χ1n) is 3.91. The number of rotatable bonds is 4. The molecule has 0 aliphatic rings. The molecule has 0 radical (unpaired) electrons. The lowest BCUT2D eigenvalue weighted by Crippen LogP contribution is -2.36. The molecule has 0 saturated heterocycles. The summed E-state index contributed by atoms with van der Waals surface area (Å²) >= 11 is 0. The van der Waals surface area contributed by atoms with Crippen molar-refractivity contribution in [3.8, 4) is 0 Å². The van der Waals surface area contributed by atoms with Gasteiger partial charge in [0.25, 0.3) is 0 Å². The molecule has 1 heteroatoms. The van der Waals surface area contributed by atoms with E-state index in [1.54, 1.807) is 0 Å². The van der Waals surface area contributed by atoms with Crippen LogP contribution in [-0.2, 0) is 0 Å². The van der Waals surface area contributed by atoms with Crippen LogP contribution in [0.4, 0.5) is 0 Å². The molecule has 0 amide bonds. The molecular weight excluding hydrogens is 122 g/mol. The van der Waals surface area contributed by atoms with Crippen LogP contribution in [0.1, 0.15) is 33.6 Å². The molecular formula is C9H19N. The highest BCUT2D eigenvalue weighted by Gasteiger charge is 2.22. The van der Waals surface area contributed by atoms with E-state index >= 15 is 0 Å². The third kappa shape index (κ3) is 2.53. The van der Waals surface area contributed by atoms with Gasteiger partial charge in [-0.15, -0.1) is 6.58 Å². The maximum absolute atomic E-state index is 5.90. The standard InChI is InChI=1S/C9H19N/c1-5-7-8(10)9(3,4)6-2/h5,8H,1,6-7,10H2,2-4H3.